The van der Waals surface area contributed by atoms with Gasteiger partial charge in [0.15, 0.2) is 0 Å². The van der Waals surface area contributed by atoms with Crippen molar-refractivity contribution in [2.75, 3.05) is 13.2 Å². The number of morpholine rings is 1. The second kappa shape index (κ2) is 5.39. The third-order valence-corrected chi connectivity index (χ3v) is 4.83. The predicted molar refractivity (Wildman–Crippen MR) is 83.0 cm³/mol. The van der Waals surface area contributed by atoms with Crippen LogP contribution in [0.4, 0.5) is 0 Å². The Balaban J connectivity index is 1.64. The third-order valence-electron chi connectivity index (χ3n) is 4.83. The summed E-state index contributed by atoms with van der Waals surface area (Å²) in [6, 6.07) is 4.25. The van der Waals surface area contributed by atoms with Crippen molar-refractivity contribution >= 4 is 11.6 Å². The van der Waals surface area contributed by atoms with Gasteiger partial charge in [0, 0.05) is 18.9 Å². The van der Waals surface area contributed by atoms with E-state index >= 15 is 0 Å². The lowest BCUT2D eigenvalue weighted by Gasteiger charge is -2.43. The van der Waals surface area contributed by atoms with Gasteiger partial charge >= 0.3 is 0 Å². The maximum Gasteiger partial charge on any atom is 0.274 e. The van der Waals surface area contributed by atoms with Crippen LogP contribution < -0.4 is 0 Å². The Labute approximate surface area is 129 Å². The average Bonchev–Trinajstić information content (AvgIpc) is 2.96. The van der Waals surface area contributed by atoms with Crippen molar-refractivity contribution in [2.24, 2.45) is 0 Å². The summed E-state index contributed by atoms with van der Waals surface area (Å²) >= 11 is 0. The summed E-state index contributed by atoms with van der Waals surface area (Å²) in [7, 11) is 0. The lowest BCUT2D eigenvalue weighted by Crippen LogP contribution is -2.54. The normalized spacial score (nSPS) is 25.2. The highest BCUT2D eigenvalue weighted by molar-refractivity contribution is 5.93. The highest BCUT2D eigenvalue weighted by Gasteiger charge is 2.37. The number of fused-ring (bicyclic) bond motifs is 2. The Bertz CT molecular complexity index is 707. The summed E-state index contributed by atoms with van der Waals surface area (Å²) in [6.07, 6.45) is 8.50. The number of ether oxygens (including phenoxy) is 1. The maximum atomic E-state index is 12.9. The number of amides is 1. The van der Waals surface area contributed by atoms with Crippen molar-refractivity contribution in [3.8, 4) is 0 Å². The molecule has 0 bridgehead atoms. The maximum absolute atomic E-state index is 12.9. The number of aryl methyl sites for hydroxylation is 1. The summed E-state index contributed by atoms with van der Waals surface area (Å²) < 4.78 is 7.77. The fourth-order valence-electron chi connectivity index (χ4n) is 3.68. The molecule has 1 saturated heterocycles. The van der Waals surface area contributed by atoms with Gasteiger partial charge in [-0.3, -0.25) is 4.79 Å². The molecule has 116 valence electrons. The monoisotopic (exact) mass is 299 g/mol. The van der Waals surface area contributed by atoms with Crippen LogP contribution in [0.5, 0.6) is 0 Å². The predicted octanol–water partition coefficient (Wildman–Crippen LogP) is 2.43. The van der Waals surface area contributed by atoms with Gasteiger partial charge in [-0.15, -0.1) is 0 Å². The van der Waals surface area contributed by atoms with Gasteiger partial charge in [-0.1, -0.05) is 12.8 Å². The second-order valence-electron chi connectivity index (χ2n) is 6.36. The molecule has 0 N–H and O–H groups in total. The molecule has 1 saturated carbocycles. The molecule has 22 heavy (non-hydrogen) atoms. The Hall–Kier alpha value is -1.88. The highest BCUT2D eigenvalue weighted by atomic mass is 16.5. The molecule has 4 rings (SSSR count). The van der Waals surface area contributed by atoms with Crippen molar-refractivity contribution in [3.05, 3.63) is 35.8 Å². The zero-order chi connectivity index (χ0) is 15.1. The first-order valence-corrected chi connectivity index (χ1v) is 8.10. The first-order chi connectivity index (χ1) is 10.7. The van der Waals surface area contributed by atoms with Crippen molar-refractivity contribution < 1.29 is 9.53 Å². The standard InChI is InChI=1S/C17H21N3O2/c1-12-6-7-19-11-13(18-16(19)10-12)17(21)20-8-9-22-15-5-3-2-4-14(15)20/h6-7,10-11,14-15H,2-5,8-9H2,1H3/t14-,15+/m0/s1. The molecule has 2 aromatic heterocycles. The molecule has 2 aromatic rings. The van der Waals surface area contributed by atoms with Gasteiger partial charge < -0.3 is 14.0 Å². The van der Waals surface area contributed by atoms with E-state index in [1.54, 1.807) is 0 Å². The van der Waals surface area contributed by atoms with E-state index in [1.165, 1.54) is 12.8 Å². The summed E-state index contributed by atoms with van der Waals surface area (Å²) in [4.78, 5) is 19.4. The number of nitrogens with zero attached hydrogens (tertiary/aromatic N) is 3. The molecule has 2 fully saturated rings. The SMILES string of the molecule is Cc1ccn2cc(C(=O)N3CCO[C@@H]4CCCC[C@@H]43)nc2c1. The minimum absolute atomic E-state index is 0.0431. The average molecular weight is 299 g/mol. The van der Waals surface area contributed by atoms with Gasteiger partial charge in [0.05, 0.1) is 18.8 Å². The van der Waals surface area contributed by atoms with E-state index in [0.717, 1.165) is 24.1 Å². The van der Waals surface area contributed by atoms with Crippen molar-refractivity contribution in [1.82, 2.24) is 14.3 Å². The molecule has 0 aromatic carbocycles. The van der Waals surface area contributed by atoms with Gasteiger partial charge in [-0.2, -0.15) is 0 Å². The van der Waals surface area contributed by atoms with Crippen LogP contribution in [0.2, 0.25) is 0 Å². The molecule has 5 heteroatoms. The zero-order valence-corrected chi connectivity index (χ0v) is 12.9. The van der Waals surface area contributed by atoms with Crippen LogP contribution >= 0.6 is 0 Å². The van der Waals surface area contributed by atoms with Gasteiger partial charge in [-0.05, 0) is 37.5 Å². The number of carbonyl (C=O) groups is 1. The zero-order valence-electron chi connectivity index (χ0n) is 12.9. The van der Waals surface area contributed by atoms with Gasteiger partial charge in [0.2, 0.25) is 0 Å². The second-order valence-corrected chi connectivity index (χ2v) is 6.36. The van der Waals surface area contributed by atoms with Gasteiger partial charge in [0.1, 0.15) is 11.3 Å². The van der Waals surface area contributed by atoms with Crippen LogP contribution in [0.15, 0.2) is 24.5 Å². The third kappa shape index (κ3) is 2.29. The number of rotatable bonds is 1. The Morgan fingerprint density at radius 3 is 3.14 bits per heavy atom. The van der Waals surface area contributed by atoms with E-state index in [0.29, 0.717) is 18.8 Å². The van der Waals surface area contributed by atoms with Crippen molar-refractivity contribution in [1.29, 1.82) is 0 Å². The molecule has 1 aliphatic heterocycles. The van der Waals surface area contributed by atoms with E-state index in [-0.39, 0.29) is 18.1 Å². The Kier molecular flexibility index (Phi) is 3.37. The Morgan fingerprint density at radius 2 is 2.23 bits per heavy atom. The molecule has 2 atom stereocenters. The minimum Gasteiger partial charge on any atom is -0.374 e. The number of aromatic nitrogens is 2. The topological polar surface area (TPSA) is 46.8 Å². The number of imidazole rings is 1. The lowest BCUT2D eigenvalue weighted by atomic mass is 9.90. The number of carbonyl (C=O) groups excluding carboxylic acids is 1. The van der Waals surface area contributed by atoms with Crippen LogP contribution in [0.25, 0.3) is 5.65 Å². The smallest absolute Gasteiger partial charge is 0.274 e. The largest absolute Gasteiger partial charge is 0.374 e. The summed E-state index contributed by atoms with van der Waals surface area (Å²) in [5.41, 5.74) is 2.52. The summed E-state index contributed by atoms with van der Waals surface area (Å²) in [6.45, 7) is 3.34. The van der Waals surface area contributed by atoms with E-state index in [2.05, 4.69) is 4.98 Å². The molecule has 0 unspecified atom stereocenters. The van der Waals surface area contributed by atoms with E-state index < -0.39 is 0 Å². The molecule has 2 aliphatic rings. The number of pyridine rings is 1. The van der Waals surface area contributed by atoms with E-state index in [9.17, 15) is 4.79 Å². The minimum atomic E-state index is 0.0431. The molecule has 1 amide bonds. The number of hydrogen-bond acceptors (Lipinski definition) is 3. The molecule has 3 heterocycles. The first kappa shape index (κ1) is 13.8. The highest BCUT2D eigenvalue weighted by Crippen LogP contribution is 2.29. The van der Waals surface area contributed by atoms with Crippen LogP contribution in [0.1, 0.15) is 41.7 Å². The molecular weight excluding hydrogens is 278 g/mol. The van der Waals surface area contributed by atoms with Crippen LogP contribution in [-0.2, 0) is 4.74 Å². The van der Waals surface area contributed by atoms with E-state index in [4.69, 9.17) is 4.74 Å². The molecule has 0 radical (unpaired) electrons. The quantitative estimate of drug-likeness (QED) is 0.812. The molecule has 5 nitrogen and oxygen atoms in total. The molecule has 0 spiro atoms. The fraction of sp³-hybridized carbons (Fsp3) is 0.529. The molecular formula is C17H21N3O2. The summed E-state index contributed by atoms with van der Waals surface area (Å²) in [5.74, 6) is 0.0431. The van der Waals surface area contributed by atoms with Gasteiger partial charge in [-0.25, -0.2) is 4.98 Å². The van der Waals surface area contributed by atoms with Gasteiger partial charge in [0.25, 0.3) is 5.91 Å². The first-order valence-electron chi connectivity index (χ1n) is 8.10. The number of hydrogen-bond donors (Lipinski definition) is 0. The van der Waals surface area contributed by atoms with Crippen molar-refractivity contribution in [2.45, 2.75) is 44.8 Å². The Morgan fingerprint density at radius 1 is 1.36 bits per heavy atom. The molecule has 1 aliphatic carbocycles. The van der Waals surface area contributed by atoms with Crippen LogP contribution in [0, 0.1) is 6.92 Å². The van der Waals surface area contributed by atoms with Crippen LogP contribution in [0.3, 0.4) is 0 Å². The van der Waals surface area contributed by atoms with Crippen LogP contribution in [-0.4, -0.2) is 45.5 Å². The lowest BCUT2D eigenvalue weighted by molar-refractivity contribution is -0.0754. The fourth-order valence-corrected chi connectivity index (χ4v) is 3.68. The van der Waals surface area contributed by atoms with E-state index in [1.807, 2.05) is 40.8 Å². The summed E-state index contributed by atoms with van der Waals surface area (Å²) in [5, 5.41) is 0. The van der Waals surface area contributed by atoms with Crippen molar-refractivity contribution in [3.63, 3.8) is 0 Å².